The maximum absolute atomic E-state index is 8.38. The quantitative estimate of drug-likeness (QED) is 0.286. The highest BCUT2D eigenvalue weighted by atomic mass is 16.3. The molecule has 1 aliphatic carbocycles. The second-order valence-corrected chi connectivity index (χ2v) is 9.04. The highest BCUT2D eigenvalue weighted by Gasteiger charge is 2.35. The zero-order valence-corrected chi connectivity index (χ0v) is 18.8. The smallest absolute Gasteiger partial charge is 0.136 e. The summed E-state index contributed by atoms with van der Waals surface area (Å²) in [5.74, 6) is 0. The molecule has 0 saturated heterocycles. The first-order chi connectivity index (χ1) is 19.6. The molecule has 7 rings (SSSR count). The molecule has 0 spiro atoms. The van der Waals surface area contributed by atoms with E-state index in [0.717, 1.165) is 44.4 Å². The number of hydrogen-bond acceptors (Lipinski definition) is 2. The van der Waals surface area contributed by atoms with Crippen molar-refractivity contribution in [1.29, 1.82) is 0 Å². The molecule has 1 aromatic heterocycles. The monoisotopic (exact) mass is 457 g/mol. The van der Waals surface area contributed by atoms with Gasteiger partial charge in [0.1, 0.15) is 11.2 Å². The average Bonchev–Trinajstić information content (AvgIpc) is 3.47. The van der Waals surface area contributed by atoms with Crippen molar-refractivity contribution in [3.63, 3.8) is 0 Å². The van der Waals surface area contributed by atoms with Crippen LogP contribution >= 0.6 is 0 Å². The van der Waals surface area contributed by atoms with E-state index in [2.05, 4.69) is 23.5 Å². The van der Waals surface area contributed by atoms with Crippen LogP contribution in [0.2, 0.25) is 0 Å². The molecule has 2 heteroatoms. The number of nitrogens with one attached hydrogen (secondary N) is 1. The second kappa shape index (κ2) is 7.35. The highest BCUT2D eigenvalue weighted by Crippen LogP contribution is 2.49. The van der Waals surface area contributed by atoms with Gasteiger partial charge >= 0.3 is 0 Å². The molecule has 2 nitrogen and oxygen atoms in total. The Kier molecular flexibility index (Phi) is 3.12. The van der Waals surface area contributed by atoms with Gasteiger partial charge in [0.25, 0.3) is 0 Å². The van der Waals surface area contributed by atoms with Crippen molar-refractivity contribution in [1.82, 2.24) is 0 Å². The molecule has 0 atom stereocenters. The van der Waals surface area contributed by atoms with E-state index >= 15 is 0 Å². The van der Waals surface area contributed by atoms with Crippen LogP contribution < -0.4 is 5.32 Å². The average molecular weight is 458 g/mol. The molecule has 0 radical (unpaired) electrons. The number of furan rings is 1. The SMILES string of the molecule is [2H]C([2H])([2H])C1(C([2H])([2H])[2H])c2ccccc2-c2cc(Nc3ccc4oc5cccc(-c6ccccc6)c5c4c3)ccc21. The lowest BCUT2D eigenvalue weighted by molar-refractivity contribution is 0.660. The van der Waals surface area contributed by atoms with E-state index in [1.165, 1.54) is 0 Å². The lowest BCUT2D eigenvalue weighted by atomic mass is 9.82. The Labute approximate surface area is 213 Å². The fourth-order valence-electron chi connectivity index (χ4n) is 5.29. The first-order valence-corrected chi connectivity index (χ1v) is 11.6. The Morgan fingerprint density at radius 1 is 0.629 bits per heavy atom. The Bertz CT molecular complexity index is 1940. The summed E-state index contributed by atoms with van der Waals surface area (Å²) in [4.78, 5) is 0. The van der Waals surface area contributed by atoms with Gasteiger partial charge in [0, 0.05) is 35.8 Å². The number of rotatable bonds is 3. The summed E-state index contributed by atoms with van der Waals surface area (Å²) in [5, 5.41) is 5.45. The minimum atomic E-state index is -2.78. The molecule has 1 aliphatic rings. The van der Waals surface area contributed by atoms with Gasteiger partial charge in [0.2, 0.25) is 0 Å². The standard InChI is InChI=1S/C33H25NO/c1-33(2)28-13-7-6-11-25(28)26-19-22(15-17-29(26)33)34-23-16-18-30-27(20-23)32-24(12-8-14-31(32)35-30)21-9-4-3-5-10-21/h3-20,34H,1-2H3/i1D3,2D3. The largest absolute Gasteiger partial charge is 0.456 e. The molecule has 6 aromatic rings. The summed E-state index contributed by atoms with van der Waals surface area (Å²) in [6.07, 6.45) is 0. The van der Waals surface area contributed by atoms with E-state index in [-0.39, 0.29) is 0 Å². The van der Waals surface area contributed by atoms with Gasteiger partial charge in [-0.15, -0.1) is 0 Å². The second-order valence-electron chi connectivity index (χ2n) is 9.04. The maximum Gasteiger partial charge on any atom is 0.136 e. The Hall–Kier alpha value is -4.30. The van der Waals surface area contributed by atoms with E-state index in [9.17, 15) is 0 Å². The highest BCUT2D eigenvalue weighted by molar-refractivity contribution is 6.13. The van der Waals surface area contributed by atoms with Crippen LogP contribution in [0.25, 0.3) is 44.2 Å². The van der Waals surface area contributed by atoms with Crippen molar-refractivity contribution in [2.75, 3.05) is 5.32 Å². The van der Waals surface area contributed by atoms with E-state index in [4.69, 9.17) is 12.6 Å². The fraction of sp³-hybridized carbons (Fsp3) is 0.0909. The summed E-state index contributed by atoms with van der Waals surface area (Å²) in [5.41, 5.74) is 5.05. The number of hydrogen-bond donors (Lipinski definition) is 1. The van der Waals surface area contributed by atoms with Gasteiger partial charge in [-0.2, -0.15) is 0 Å². The van der Waals surface area contributed by atoms with Crippen LogP contribution in [0, 0.1) is 0 Å². The van der Waals surface area contributed by atoms with E-state index in [0.29, 0.717) is 22.3 Å². The van der Waals surface area contributed by atoms with Gasteiger partial charge in [-0.3, -0.25) is 0 Å². The fourth-order valence-corrected chi connectivity index (χ4v) is 5.29. The molecule has 0 aliphatic heterocycles. The summed E-state index contributed by atoms with van der Waals surface area (Å²) in [7, 11) is 0. The summed E-state index contributed by atoms with van der Waals surface area (Å²) < 4.78 is 56.5. The van der Waals surface area contributed by atoms with Gasteiger partial charge in [0.15, 0.2) is 0 Å². The van der Waals surface area contributed by atoms with Crippen LogP contribution in [0.3, 0.4) is 0 Å². The molecule has 0 fully saturated rings. The first-order valence-electron chi connectivity index (χ1n) is 14.6. The molecular weight excluding hydrogens is 426 g/mol. The van der Waals surface area contributed by atoms with Crippen LogP contribution in [0.4, 0.5) is 11.4 Å². The van der Waals surface area contributed by atoms with Crippen molar-refractivity contribution in [2.24, 2.45) is 0 Å². The van der Waals surface area contributed by atoms with Crippen molar-refractivity contribution < 1.29 is 12.6 Å². The molecule has 5 aromatic carbocycles. The van der Waals surface area contributed by atoms with E-state index in [1.807, 2.05) is 54.6 Å². The van der Waals surface area contributed by atoms with Crippen LogP contribution in [0.15, 0.2) is 114 Å². The lowest BCUT2D eigenvalue weighted by Gasteiger charge is -2.21. The van der Waals surface area contributed by atoms with E-state index < -0.39 is 19.1 Å². The first kappa shape index (κ1) is 14.9. The third kappa shape index (κ3) is 3.03. The Morgan fingerprint density at radius 3 is 2.26 bits per heavy atom. The lowest BCUT2D eigenvalue weighted by Crippen LogP contribution is -2.14. The third-order valence-electron chi connectivity index (χ3n) is 6.91. The van der Waals surface area contributed by atoms with Crippen molar-refractivity contribution >= 4 is 33.3 Å². The Morgan fingerprint density at radius 2 is 1.37 bits per heavy atom. The maximum atomic E-state index is 8.38. The van der Waals surface area contributed by atoms with Gasteiger partial charge in [-0.25, -0.2) is 0 Å². The van der Waals surface area contributed by atoms with Crippen LogP contribution in [-0.4, -0.2) is 0 Å². The predicted molar refractivity (Wildman–Crippen MR) is 146 cm³/mol. The van der Waals surface area contributed by atoms with Gasteiger partial charge in [-0.05, 0) is 69.8 Å². The molecule has 35 heavy (non-hydrogen) atoms. The zero-order valence-electron chi connectivity index (χ0n) is 24.8. The summed E-state index contributed by atoms with van der Waals surface area (Å²) in [6.45, 7) is -5.56. The topological polar surface area (TPSA) is 25.2 Å². The normalized spacial score (nSPS) is 16.9. The van der Waals surface area contributed by atoms with Crippen LogP contribution in [0.5, 0.6) is 0 Å². The number of anilines is 2. The number of fused-ring (bicyclic) bond motifs is 6. The Balaban J connectivity index is 1.35. The van der Waals surface area contributed by atoms with Crippen molar-refractivity contribution in [2.45, 2.75) is 19.1 Å². The van der Waals surface area contributed by atoms with Crippen LogP contribution in [0.1, 0.15) is 33.1 Å². The van der Waals surface area contributed by atoms with Gasteiger partial charge < -0.3 is 9.73 Å². The minimum absolute atomic E-state index is 0.299. The number of benzene rings is 5. The van der Waals surface area contributed by atoms with E-state index in [1.54, 1.807) is 36.4 Å². The van der Waals surface area contributed by atoms with Crippen LogP contribution in [-0.2, 0) is 5.41 Å². The predicted octanol–water partition coefficient (Wildman–Crippen LogP) is 9.30. The molecule has 0 amide bonds. The third-order valence-corrected chi connectivity index (χ3v) is 6.91. The summed E-state index contributed by atoms with van der Waals surface area (Å²) >= 11 is 0. The molecule has 0 bridgehead atoms. The molecule has 1 heterocycles. The van der Waals surface area contributed by atoms with Gasteiger partial charge in [-0.1, -0.05) is 86.5 Å². The molecule has 0 unspecified atom stereocenters. The zero-order chi connectivity index (χ0) is 28.6. The van der Waals surface area contributed by atoms with Crippen molar-refractivity contribution in [3.8, 4) is 22.3 Å². The summed E-state index contributed by atoms with van der Waals surface area (Å²) in [6, 6.07) is 34.3. The van der Waals surface area contributed by atoms with Crippen molar-refractivity contribution in [3.05, 3.63) is 120 Å². The minimum Gasteiger partial charge on any atom is -0.456 e. The molecular formula is C33H25NO. The van der Waals surface area contributed by atoms with Gasteiger partial charge in [0.05, 0.1) is 0 Å². The molecule has 0 saturated carbocycles. The molecule has 168 valence electrons. The molecule has 1 N–H and O–H groups in total.